The lowest BCUT2D eigenvalue weighted by Crippen LogP contribution is -2.17. The molecule has 7 heteroatoms. The normalized spacial score (nSPS) is 11.0. The highest BCUT2D eigenvalue weighted by Crippen LogP contribution is 2.33. The molecule has 0 unspecified atom stereocenters. The minimum atomic E-state index is -0.294. The van der Waals surface area contributed by atoms with Gasteiger partial charge in [-0.2, -0.15) is 5.10 Å². The van der Waals surface area contributed by atoms with Crippen molar-refractivity contribution in [3.05, 3.63) is 100 Å². The van der Waals surface area contributed by atoms with Gasteiger partial charge in [0.1, 0.15) is 0 Å². The third kappa shape index (κ3) is 5.69. The molecule has 3 aromatic carbocycles. The molecule has 0 aliphatic rings. The van der Waals surface area contributed by atoms with Gasteiger partial charge in [-0.1, -0.05) is 30.3 Å². The number of hydrogen-bond donors (Lipinski definition) is 1. The molecule has 0 aliphatic heterocycles. The summed E-state index contributed by atoms with van der Waals surface area (Å²) in [6, 6.07) is 25.6. The van der Waals surface area contributed by atoms with Crippen LogP contribution in [-0.2, 0) is 0 Å². The molecule has 4 aromatic rings. The largest absolute Gasteiger partial charge is 0.490 e. The SMILES string of the molecule is CCOc1cc(Br)c(/C=N/NC(=O)c2ccc(-n3c(C)ccc3-c3ccccc3)cc2)cc1OCC. The summed E-state index contributed by atoms with van der Waals surface area (Å²) < 4.78 is 14.3. The maximum atomic E-state index is 12.7. The molecule has 1 aromatic heterocycles. The van der Waals surface area contributed by atoms with Gasteiger partial charge >= 0.3 is 0 Å². The summed E-state index contributed by atoms with van der Waals surface area (Å²) in [6.07, 6.45) is 1.57. The van der Waals surface area contributed by atoms with E-state index in [-0.39, 0.29) is 5.91 Å². The Morgan fingerprint density at radius 2 is 1.61 bits per heavy atom. The molecular weight excluding hydrogens is 518 g/mol. The van der Waals surface area contributed by atoms with Gasteiger partial charge < -0.3 is 14.0 Å². The summed E-state index contributed by atoms with van der Waals surface area (Å²) in [5.74, 6) is 0.986. The number of halogens is 1. The van der Waals surface area contributed by atoms with Crippen LogP contribution in [0.25, 0.3) is 16.9 Å². The van der Waals surface area contributed by atoms with E-state index in [0.717, 1.165) is 32.7 Å². The maximum Gasteiger partial charge on any atom is 0.271 e. The van der Waals surface area contributed by atoms with Crippen molar-refractivity contribution in [3.8, 4) is 28.4 Å². The predicted molar refractivity (Wildman–Crippen MR) is 147 cm³/mol. The van der Waals surface area contributed by atoms with Gasteiger partial charge in [-0.15, -0.1) is 0 Å². The van der Waals surface area contributed by atoms with Crippen molar-refractivity contribution in [3.63, 3.8) is 0 Å². The second-order valence-corrected chi connectivity index (χ2v) is 8.85. The number of hydrogen-bond acceptors (Lipinski definition) is 4. The molecule has 1 heterocycles. The Hall–Kier alpha value is -3.84. The smallest absolute Gasteiger partial charge is 0.271 e. The van der Waals surface area contributed by atoms with Gasteiger partial charge in [-0.05, 0) is 90.8 Å². The van der Waals surface area contributed by atoms with Crippen LogP contribution in [0.3, 0.4) is 0 Å². The van der Waals surface area contributed by atoms with Crippen molar-refractivity contribution < 1.29 is 14.3 Å². The number of carbonyl (C=O) groups excluding carboxylic acids is 1. The van der Waals surface area contributed by atoms with E-state index < -0.39 is 0 Å². The molecule has 6 nitrogen and oxygen atoms in total. The van der Waals surface area contributed by atoms with E-state index in [9.17, 15) is 4.79 Å². The van der Waals surface area contributed by atoms with E-state index in [4.69, 9.17) is 9.47 Å². The number of amides is 1. The lowest BCUT2D eigenvalue weighted by atomic mass is 10.1. The highest BCUT2D eigenvalue weighted by molar-refractivity contribution is 9.10. The second kappa shape index (κ2) is 11.7. The third-order valence-electron chi connectivity index (χ3n) is 5.57. The molecule has 0 aliphatic carbocycles. The minimum Gasteiger partial charge on any atom is -0.490 e. The summed E-state index contributed by atoms with van der Waals surface area (Å²) >= 11 is 3.53. The topological polar surface area (TPSA) is 64.8 Å². The van der Waals surface area contributed by atoms with Crippen molar-refractivity contribution in [2.45, 2.75) is 20.8 Å². The highest BCUT2D eigenvalue weighted by Gasteiger charge is 2.12. The van der Waals surface area contributed by atoms with E-state index in [1.165, 1.54) is 0 Å². The van der Waals surface area contributed by atoms with E-state index in [1.807, 2.05) is 56.3 Å². The van der Waals surface area contributed by atoms with Crippen molar-refractivity contribution in [1.29, 1.82) is 0 Å². The summed E-state index contributed by atoms with van der Waals surface area (Å²) in [7, 11) is 0. The number of nitrogens with zero attached hydrogens (tertiary/aromatic N) is 2. The molecule has 0 saturated carbocycles. The van der Waals surface area contributed by atoms with E-state index in [2.05, 4.69) is 62.2 Å². The van der Waals surface area contributed by atoms with Crippen LogP contribution in [0.5, 0.6) is 11.5 Å². The zero-order valence-corrected chi connectivity index (χ0v) is 22.1. The van der Waals surface area contributed by atoms with E-state index in [0.29, 0.717) is 30.3 Å². The quantitative estimate of drug-likeness (QED) is 0.186. The summed E-state index contributed by atoms with van der Waals surface area (Å²) in [4.78, 5) is 12.7. The van der Waals surface area contributed by atoms with Gasteiger partial charge in [0.25, 0.3) is 5.91 Å². The van der Waals surface area contributed by atoms with Crippen LogP contribution in [-0.4, -0.2) is 29.9 Å². The highest BCUT2D eigenvalue weighted by atomic mass is 79.9. The van der Waals surface area contributed by atoms with E-state index >= 15 is 0 Å². The van der Waals surface area contributed by atoms with Crippen molar-refractivity contribution in [2.75, 3.05) is 13.2 Å². The first kappa shape index (κ1) is 25.3. The summed E-state index contributed by atoms with van der Waals surface area (Å²) in [5.41, 5.74) is 8.21. The fraction of sp³-hybridized carbons (Fsp3) is 0.172. The fourth-order valence-corrected chi connectivity index (χ4v) is 4.31. The van der Waals surface area contributed by atoms with Crippen molar-refractivity contribution in [2.24, 2.45) is 5.10 Å². The van der Waals surface area contributed by atoms with Crippen LogP contribution in [0, 0.1) is 6.92 Å². The molecule has 1 amide bonds. The van der Waals surface area contributed by atoms with Gasteiger partial charge in [0.05, 0.1) is 25.1 Å². The minimum absolute atomic E-state index is 0.294. The monoisotopic (exact) mass is 545 g/mol. The first-order valence-corrected chi connectivity index (χ1v) is 12.6. The third-order valence-corrected chi connectivity index (χ3v) is 6.25. The Kier molecular flexibility index (Phi) is 8.23. The average Bonchev–Trinajstić information content (AvgIpc) is 3.28. The Morgan fingerprint density at radius 3 is 2.28 bits per heavy atom. The van der Waals surface area contributed by atoms with E-state index in [1.54, 1.807) is 18.3 Å². The first-order valence-electron chi connectivity index (χ1n) is 11.8. The molecule has 4 rings (SSSR count). The Balaban J connectivity index is 1.48. The Labute approximate surface area is 219 Å². The molecule has 0 fully saturated rings. The number of rotatable bonds is 9. The zero-order chi connectivity index (χ0) is 25.5. The zero-order valence-electron chi connectivity index (χ0n) is 20.5. The van der Waals surface area contributed by atoms with Crippen LogP contribution in [0.4, 0.5) is 0 Å². The molecule has 0 saturated heterocycles. The predicted octanol–water partition coefficient (Wildman–Crippen LogP) is 6.78. The van der Waals surface area contributed by atoms with Gasteiger partial charge in [-0.3, -0.25) is 4.79 Å². The average molecular weight is 546 g/mol. The molecule has 0 bridgehead atoms. The van der Waals surface area contributed by atoms with Gasteiger partial charge in [0.2, 0.25) is 0 Å². The van der Waals surface area contributed by atoms with Crippen LogP contribution in [0.1, 0.15) is 35.5 Å². The molecule has 1 N–H and O–H groups in total. The fourth-order valence-electron chi connectivity index (χ4n) is 3.89. The molecule has 36 heavy (non-hydrogen) atoms. The number of aryl methyl sites for hydroxylation is 1. The standard InChI is InChI=1S/C29H28BrN3O3/c1-4-35-27-17-23(25(30)18-28(27)36-5-2)19-31-32-29(34)22-12-14-24(15-13-22)33-20(3)11-16-26(33)21-9-7-6-8-10-21/h6-19H,4-5H2,1-3H3,(H,32,34)/b31-19+. The van der Waals surface area contributed by atoms with Gasteiger partial charge in [-0.25, -0.2) is 5.43 Å². The molecule has 0 radical (unpaired) electrons. The number of ether oxygens (including phenoxy) is 2. The Bertz CT molecular complexity index is 1360. The number of aromatic nitrogens is 1. The molecule has 0 spiro atoms. The summed E-state index contributed by atoms with van der Waals surface area (Å²) in [6.45, 7) is 6.95. The van der Waals surface area contributed by atoms with Crippen LogP contribution in [0.2, 0.25) is 0 Å². The number of nitrogens with one attached hydrogen (secondary N) is 1. The van der Waals surface area contributed by atoms with Crippen molar-refractivity contribution in [1.82, 2.24) is 9.99 Å². The number of benzene rings is 3. The molecule has 184 valence electrons. The van der Waals surface area contributed by atoms with Crippen molar-refractivity contribution >= 4 is 28.1 Å². The lowest BCUT2D eigenvalue weighted by molar-refractivity contribution is 0.0955. The number of carbonyl (C=O) groups is 1. The van der Waals surface area contributed by atoms with Crippen LogP contribution in [0.15, 0.2) is 88.4 Å². The van der Waals surface area contributed by atoms with Gasteiger partial charge in [0.15, 0.2) is 11.5 Å². The van der Waals surface area contributed by atoms with Crippen LogP contribution >= 0.6 is 15.9 Å². The summed E-state index contributed by atoms with van der Waals surface area (Å²) in [5, 5.41) is 4.14. The maximum absolute atomic E-state index is 12.7. The second-order valence-electron chi connectivity index (χ2n) is 7.99. The van der Waals surface area contributed by atoms with Gasteiger partial charge in [0, 0.05) is 27.0 Å². The Morgan fingerprint density at radius 1 is 0.944 bits per heavy atom. The molecule has 0 atom stereocenters. The molecular formula is C29H28BrN3O3. The first-order chi connectivity index (χ1) is 17.5. The number of hydrazone groups is 1. The van der Waals surface area contributed by atoms with Crippen LogP contribution < -0.4 is 14.9 Å². The lowest BCUT2D eigenvalue weighted by Gasteiger charge is -2.13.